The summed E-state index contributed by atoms with van der Waals surface area (Å²) in [5.74, 6) is -1.15. The molecule has 18 heavy (non-hydrogen) atoms. The first-order valence-corrected chi connectivity index (χ1v) is 8.17. The van der Waals surface area contributed by atoms with Gasteiger partial charge in [0.05, 0.1) is 10.1 Å². The van der Waals surface area contributed by atoms with Crippen LogP contribution in [0.1, 0.15) is 17.7 Å². The summed E-state index contributed by atoms with van der Waals surface area (Å²) in [6, 6.07) is 3.62. The fourth-order valence-electron chi connectivity index (χ4n) is 1.30. The normalized spacial score (nSPS) is 11.6. The second-order valence-electron chi connectivity index (χ2n) is 3.67. The first-order chi connectivity index (χ1) is 8.39. The Bertz CT molecular complexity index is 498. The molecule has 0 atom stereocenters. The van der Waals surface area contributed by atoms with Gasteiger partial charge >= 0.3 is 5.97 Å². The van der Waals surface area contributed by atoms with Gasteiger partial charge < -0.3 is 5.11 Å². The topological polar surface area (TPSA) is 83.5 Å². The average Bonchev–Trinajstić information content (AvgIpc) is 2.63. The number of hydrogen-bond donors (Lipinski definition) is 2. The van der Waals surface area contributed by atoms with Crippen molar-refractivity contribution < 1.29 is 18.3 Å². The Morgan fingerprint density at radius 2 is 2.17 bits per heavy atom. The van der Waals surface area contributed by atoms with E-state index in [4.69, 9.17) is 16.7 Å². The molecule has 0 bridgehead atoms. The fraction of sp³-hybridized carbons (Fsp3) is 0.500. The van der Waals surface area contributed by atoms with Crippen LogP contribution in [0, 0.1) is 0 Å². The van der Waals surface area contributed by atoms with Gasteiger partial charge in [-0.15, -0.1) is 11.3 Å². The van der Waals surface area contributed by atoms with Gasteiger partial charge in [-0.3, -0.25) is 4.79 Å². The lowest BCUT2D eigenvalue weighted by molar-refractivity contribution is -0.137. The highest BCUT2D eigenvalue weighted by Gasteiger charge is 2.10. The van der Waals surface area contributed by atoms with Crippen molar-refractivity contribution in [1.82, 2.24) is 4.72 Å². The molecule has 2 N–H and O–H groups in total. The Morgan fingerprint density at radius 1 is 1.44 bits per heavy atom. The summed E-state index contributed by atoms with van der Waals surface area (Å²) < 4.78 is 26.1. The quantitative estimate of drug-likeness (QED) is 0.766. The molecule has 8 heteroatoms. The summed E-state index contributed by atoms with van der Waals surface area (Å²) >= 11 is 7.16. The lowest BCUT2D eigenvalue weighted by atomic mass is 10.3. The Labute approximate surface area is 115 Å². The standard InChI is InChI=1S/C10H14ClNO4S2/c11-9-4-3-8(17-9)5-6-12-18(15,16)7-1-2-10(13)14/h3-4,12H,1-2,5-7H2,(H,13,14). The molecule has 102 valence electrons. The Kier molecular flexibility index (Phi) is 6.07. The summed E-state index contributed by atoms with van der Waals surface area (Å²) in [5.41, 5.74) is 0. The number of rotatable bonds is 8. The molecule has 0 spiro atoms. The van der Waals surface area contributed by atoms with Crippen molar-refractivity contribution in [1.29, 1.82) is 0 Å². The molecular formula is C10H14ClNO4S2. The zero-order valence-electron chi connectivity index (χ0n) is 9.56. The Balaban J connectivity index is 2.27. The smallest absolute Gasteiger partial charge is 0.303 e. The van der Waals surface area contributed by atoms with Crippen molar-refractivity contribution >= 4 is 38.9 Å². The summed E-state index contributed by atoms with van der Waals surface area (Å²) in [5, 5.41) is 8.41. The van der Waals surface area contributed by atoms with Gasteiger partial charge in [-0.05, 0) is 25.0 Å². The van der Waals surface area contributed by atoms with Crippen molar-refractivity contribution in [2.45, 2.75) is 19.3 Å². The number of thiophene rings is 1. The highest BCUT2D eigenvalue weighted by Crippen LogP contribution is 2.21. The average molecular weight is 312 g/mol. The van der Waals surface area contributed by atoms with Gasteiger partial charge in [0, 0.05) is 17.8 Å². The number of aliphatic carboxylic acids is 1. The van der Waals surface area contributed by atoms with Crippen molar-refractivity contribution in [2.75, 3.05) is 12.3 Å². The molecule has 0 amide bonds. The molecule has 1 heterocycles. The number of carboxylic acids is 1. The number of halogens is 1. The van der Waals surface area contributed by atoms with Gasteiger partial charge in [-0.1, -0.05) is 11.6 Å². The molecule has 0 aliphatic heterocycles. The van der Waals surface area contributed by atoms with Crippen molar-refractivity contribution in [3.05, 3.63) is 21.3 Å². The highest BCUT2D eigenvalue weighted by atomic mass is 35.5. The Morgan fingerprint density at radius 3 is 2.72 bits per heavy atom. The molecule has 5 nitrogen and oxygen atoms in total. The number of carboxylic acid groups (broad SMARTS) is 1. The summed E-state index contributed by atoms with van der Waals surface area (Å²) in [4.78, 5) is 11.3. The number of carbonyl (C=O) groups is 1. The number of sulfonamides is 1. The van der Waals surface area contributed by atoms with E-state index in [0.717, 1.165) is 4.88 Å². The van der Waals surface area contributed by atoms with Gasteiger partial charge in [0.15, 0.2) is 0 Å². The minimum Gasteiger partial charge on any atom is -0.481 e. The van der Waals surface area contributed by atoms with Crippen LogP contribution in [-0.4, -0.2) is 31.8 Å². The van der Waals surface area contributed by atoms with E-state index < -0.39 is 16.0 Å². The largest absolute Gasteiger partial charge is 0.481 e. The maximum atomic E-state index is 11.5. The minimum absolute atomic E-state index is 0.121. The second-order valence-corrected chi connectivity index (χ2v) is 7.39. The van der Waals surface area contributed by atoms with Gasteiger partial charge in [0.2, 0.25) is 10.0 Å². The number of hydrogen-bond acceptors (Lipinski definition) is 4. The Hall–Kier alpha value is -0.630. The van der Waals surface area contributed by atoms with Crippen LogP contribution >= 0.6 is 22.9 Å². The highest BCUT2D eigenvalue weighted by molar-refractivity contribution is 7.89. The molecule has 0 aliphatic rings. The fourth-order valence-corrected chi connectivity index (χ4v) is 3.47. The van der Waals surface area contributed by atoms with E-state index in [1.165, 1.54) is 11.3 Å². The van der Waals surface area contributed by atoms with Crippen LogP contribution in [0.2, 0.25) is 4.34 Å². The third-order valence-corrected chi connectivity index (χ3v) is 4.89. The lowest BCUT2D eigenvalue weighted by Gasteiger charge is -2.04. The lowest BCUT2D eigenvalue weighted by Crippen LogP contribution is -2.28. The van der Waals surface area contributed by atoms with Crippen LogP contribution in [0.25, 0.3) is 0 Å². The van der Waals surface area contributed by atoms with E-state index in [2.05, 4.69) is 4.72 Å². The third-order valence-electron chi connectivity index (χ3n) is 2.13. The molecule has 0 radical (unpaired) electrons. The maximum absolute atomic E-state index is 11.5. The predicted octanol–water partition coefficient (Wildman–Crippen LogP) is 1.73. The van der Waals surface area contributed by atoms with E-state index in [0.29, 0.717) is 17.3 Å². The molecule has 0 aromatic carbocycles. The molecule has 0 aliphatic carbocycles. The van der Waals surface area contributed by atoms with E-state index in [-0.39, 0.29) is 18.6 Å². The van der Waals surface area contributed by atoms with E-state index in [9.17, 15) is 13.2 Å². The van der Waals surface area contributed by atoms with E-state index >= 15 is 0 Å². The van der Waals surface area contributed by atoms with Crippen molar-refractivity contribution in [3.63, 3.8) is 0 Å². The summed E-state index contributed by atoms with van der Waals surface area (Å²) in [6.07, 6.45) is 0.562. The van der Waals surface area contributed by atoms with Crippen LogP contribution in [0.5, 0.6) is 0 Å². The molecule has 0 saturated heterocycles. The molecule has 0 unspecified atom stereocenters. The van der Waals surface area contributed by atoms with Gasteiger partial charge in [-0.25, -0.2) is 13.1 Å². The predicted molar refractivity (Wildman–Crippen MR) is 71.7 cm³/mol. The molecular weight excluding hydrogens is 298 g/mol. The van der Waals surface area contributed by atoms with E-state index in [1.807, 2.05) is 6.07 Å². The van der Waals surface area contributed by atoms with Crippen LogP contribution in [-0.2, 0) is 21.2 Å². The molecule has 0 saturated carbocycles. The molecule has 0 fully saturated rings. The van der Waals surface area contributed by atoms with Gasteiger partial charge in [-0.2, -0.15) is 0 Å². The van der Waals surface area contributed by atoms with Crippen molar-refractivity contribution in [2.24, 2.45) is 0 Å². The molecule has 1 rings (SSSR count). The van der Waals surface area contributed by atoms with Crippen molar-refractivity contribution in [3.8, 4) is 0 Å². The van der Waals surface area contributed by atoms with Crippen LogP contribution in [0.4, 0.5) is 0 Å². The van der Waals surface area contributed by atoms with E-state index in [1.54, 1.807) is 6.07 Å². The second kappa shape index (κ2) is 7.08. The minimum atomic E-state index is -3.38. The molecule has 1 aromatic rings. The van der Waals surface area contributed by atoms with Gasteiger partial charge in [0.25, 0.3) is 0 Å². The zero-order valence-corrected chi connectivity index (χ0v) is 11.9. The first kappa shape index (κ1) is 15.4. The van der Waals surface area contributed by atoms with Crippen LogP contribution in [0.15, 0.2) is 12.1 Å². The third kappa shape index (κ3) is 6.34. The SMILES string of the molecule is O=C(O)CCCS(=O)(=O)NCCc1ccc(Cl)s1. The zero-order chi connectivity index (χ0) is 13.6. The van der Waals surface area contributed by atoms with Gasteiger partial charge in [0.1, 0.15) is 0 Å². The number of nitrogens with one attached hydrogen (secondary N) is 1. The first-order valence-electron chi connectivity index (χ1n) is 5.32. The summed E-state index contributed by atoms with van der Waals surface area (Å²) in [6.45, 7) is 0.298. The van der Waals surface area contributed by atoms with Crippen LogP contribution < -0.4 is 4.72 Å². The molecule has 1 aromatic heterocycles. The van der Waals surface area contributed by atoms with Crippen LogP contribution in [0.3, 0.4) is 0 Å². The maximum Gasteiger partial charge on any atom is 0.303 e. The summed E-state index contributed by atoms with van der Waals surface area (Å²) in [7, 11) is -3.38. The monoisotopic (exact) mass is 311 g/mol.